The van der Waals surface area contributed by atoms with Crippen LogP contribution < -0.4 is 20.3 Å². The molecule has 0 radical (unpaired) electrons. The molecule has 0 saturated heterocycles. The summed E-state index contributed by atoms with van der Waals surface area (Å²) in [6.45, 7) is 0.578. The topological polar surface area (TPSA) is 96.9 Å². The van der Waals surface area contributed by atoms with Crippen LogP contribution in [0, 0.1) is 0 Å². The first kappa shape index (κ1) is 19.2. The summed E-state index contributed by atoms with van der Waals surface area (Å²) < 4.78 is 10.9. The number of fused-ring (bicyclic) bond motifs is 1. The molecule has 0 heterocycles. The van der Waals surface area contributed by atoms with E-state index in [0.29, 0.717) is 29.2 Å². The first-order valence-electron chi connectivity index (χ1n) is 8.64. The smallest absolute Gasteiger partial charge is 0.274 e. The maximum absolute atomic E-state index is 12.4. The second kappa shape index (κ2) is 8.88. The minimum atomic E-state index is -0.593. The minimum Gasteiger partial charge on any atom is -0.496 e. The van der Waals surface area contributed by atoms with Crippen molar-refractivity contribution in [2.45, 2.75) is 0 Å². The molecule has 144 valence electrons. The fourth-order valence-corrected chi connectivity index (χ4v) is 2.78. The van der Waals surface area contributed by atoms with E-state index in [-0.39, 0.29) is 12.5 Å². The van der Waals surface area contributed by atoms with E-state index >= 15 is 0 Å². The summed E-state index contributed by atoms with van der Waals surface area (Å²) in [6.07, 6.45) is 0. The number of ether oxygens (including phenoxy) is 2. The Kier molecular flexibility index (Phi) is 6.08. The van der Waals surface area contributed by atoms with Crippen molar-refractivity contribution in [3.05, 3.63) is 71.8 Å². The number of benzene rings is 3. The van der Waals surface area contributed by atoms with Gasteiger partial charge in [0.2, 0.25) is 0 Å². The van der Waals surface area contributed by atoms with E-state index in [1.807, 2.05) is 30.3 Å². The first-order valence-corrected chi connectivity index (χ1v) is 8.64. The normalized spacial score (nSPS) is 10.4. The van der Waals surface area contributed by atoms with Crippen LogP contribution in [0.4, 0.5) is 0 Å². The summed E-state index contributed by atoms with van der Waals surface area (Å²) in [4.78, 5) is 23.7. The third kappa shape index (κ3) is 4.39. The number of hydroxylamine groups is 1. The molecule has 0 aromatic heterocycles. The van der Waals surface area contributed by atoms with Crippen LogP contribution in [0.2, 0.25) is 0 Å². The van der Waals surface area contributed by atoms with Gasteiger partial charge < -0.3 is 14.8 Å². The van der Waals surface area contributed by atoms with Crippen LogP contribution in [0.5, 0.6) is 11.5 Å². The molecular weight excluding hydrogens is 360 g/mol. The van der Waals surface area contributed by atoms with Crippen LogP contribution in [0.25, 0.3) is 10.8 Å². The lowest BCUT2D eigenvalue weighted by Crippen LogP contribution is -2.28. The summed E-state index contributed by atoms with van der Waals surface area (Å²) in [7, 11) is 1.58. The monoisotopic (exact) mass is 380 g/mol. The quantitative estimate of drug-likeness (QED) is 0.333. The Morgan fingerprint density at radius 2 is 1.71 bits per heavy atom. The predicted octanol–water partition coefficient (Wildman–Crippen LogP) is 2.78. The molecule has 0 bridgehead atoms. The second-order valence-electron chi connectivity index (χ2n) is 5.97. The van der Waals surface area contributed by atoms with E-state index in [0.717, 1.165) is 10.8 Å². The molecule has 0 aliphatic heterocycles. The lowest BCUT2D eigenvalue weighted by molar-refractivity contribution is 0.0706. The van der Waals surface area contributed by atoms with Gasteiger partial charge in [-0.25, -0.2) is 5.48 Å². The molecule has 7 heteroatoms. The Bertz CT molecular complexity index is 986. The molecule has 3 N–H and O–H groups in total. The van der Waals surface area contributed by atoms with Gasteiger partial charge in [0.1, 0.15) is 18.1 Å². The average molecular weight is 380 g/mol. The highest BCUT2D eigenvalue weighted by Gasteiger charge is 2.10. The summed E-state index contributed by atoms with van der Waals surface area (Å²) in [5.74, 6) is 0.384. The van der Waals surface area contributed by atoms with Crippen molar-refractivity contribution in [2.75, 3.05) is 20.3 Å². The lowest BCUT2D eigenvalue weighted by atomic mass is 10.1. The van der Waals surface area contributed by atoms with E-state index in [2.05, 4.69) is 5.32 Å². The number of nitrogens with one attached hydrogen (secondary N) is 2. The van der Waals surface area contributed by atoms with Crippen LogP contribution in [0.15, 0.2) is 60.7 Å². The molecule has 28 heavy (non-hydrogen) atoms. The van der Waals surface area contributed by atoms with E-state index in [4.69, 9.17) is 14.7 Å². The minimum absolute atomic E-state index is 0.220. The first-order chi connectivity index (χ1) is 13.6. The molecule has 0 aliphatic rings. The van der Waals surface area contributed by atoms with Crippen LogP contribution in [0.1, 0.15) is 20.7 Å². The zero-order valence-corrected chi connectivity index (χ0v) is 15.3. The van der Waals surface area contributed by atoms with Gasteiger partial charge in [-0.2, -0.15) is 0 Å². The van der Waals surface area contributed by atoms with Crippen LogP contribution >= 0.6 is 0 Å². The van der Waals surface area contributed by atoms with Crippen molar-refractivity contribution < 1.29 is 24.3 Å². The summed E-state index contributed by atoms with van der Waals surface area (Å²) in [5, 5.41) is 13.3. The van der Waals surface area contributed by atoms with Gasteiger partial charge in [-0.05, 0) is 41.8 Å². The third-order valence-electron chi connectivity index (χ3n) is 4.18. The van der Waals surface area contributed by atoms with Gasteiger partial charge in [-0.15, -0.1) is 0 Å². The Hall–Kier alpha value is -3.58. The molecule has 0 atom stereocenters. The van der Waals surface area contributed by atoms with Gasteiger partial charge >= 0.3 is 0 Å². The van der Waals surface area contributed by atoms with Gasteiger partial charge in [0.25, 0.3) is 11.8 Å². The molecule has 3 aromatic carbocycles. The number of carbonyl (C=O) groups excluding carboxylic acids is 2. The summed E-state index contributed by atoms with van der Waals surface area (Å²) in [5.41, 5.74) is 2.39. The molecule has 7 nitrogen and oxygen atoms in total. The Morgan fingerprint density at radius 1 is 0.964 bits per heavy atom. The molecule has 0 unspecified atom stereocenters. The summed E-state index contributed by atoms with van der Waals surface area (Å²) >= 11 is 0. The molecular formula is C21H20N2O5. The van der Waals surface area contributed by atoms with E-state index in [1.165, 1.54) is 12.1 Å². The largest absolute Gasteiger partial charge is 0.496 e. The van der Waals surface area contributed by atoms with Crippen molar-refractivity contribution in [2.24, 2.45) is 0 Å². The molecule has 2 amide bonds. The molecule has 3 rings (SSSR count). The molecule has 3 aromatic rings. The highest BCUT2D eigenvalue weighted by Crippen LogP contribution is 2.27. The Labute approximate surface area is 161 Å². The van der Waals surface area contributed by atoms with Crippen LogP contribution in [-0.4, -0.2) is 37.3 Å². The standard InChI is InChI=1S/C21H20N2O5/c1-27-19-13-16(12-15-4-2-3-5-18(15)19)20(24)22-10-11-28-17-8-6-14(7-9-17)21(25)23-26/h2-9,12-13,26H,10-11H2,1H3,(H,22,24)(H,23,25). The number of amides is 2. The molecule has 0 aliphatic carbocycles. The number of rotatable bonds is 7. The lowest BCUT2D eigenvalue weighted by Gasteiger charge is -2.11. The zero-order valence-electron chi connectivity index (χ0n) is 15.3. The molecule has 0 spiro atoms. The van der Waals surface area contributed by atoms with Gasteiger partial charge in [-0.1, -0.05) is 24.3 Å². The number of hydrogen-bond donors (Lipinski definition) is 3. The fraction of sp³-hybridized carbons (Fsp3) is 0.143. The molecule has 0 fully saturated rings. The Balaban J connectivity index is 1.56. The fourth-order valence-electron chi connectivity index (χ4n) is 2.78. The third-order valence-corrected chi connectivity index (χ3v) is 4.18. The van der Waals surface area contributed by atoms with E-state index < -0.39 is 5.91 Å². The number of carbonyl (C=O) groups is 2. The van der Waals surface area contributed by atoms with Crippen molar-refractivity contribution >= 4 is 22.6 Å². The number of methoxy groups -OCH3 is 1. The predicted molar refractivity (Wildman–Crippen MR) is 104 cm³/mol. The number of hydrogen-bond acceptors (Lipinski definition) is 5. The van der Waals surface area contributed by atoms with E-state index in [9.17, 15) is 9.59 Å². The van der Waals surface area contributed by atoms with Crippen molar-refractivity contribution in [1.29, 1.82) is 0 Å². The van der Waals surface area contributed by atoms with Gasteiger partial charge in [0, 0.05) is 16.5 Å². The van der Waals surface area contributed by atoms with Crippen molar-refractivity contribution in [3.8, 4) is 11.5 Å². The summed E-state index contributed by atoms with van der Waals surface area (Å²) in [6, 6.07) is 17.5. The average Bonchev–Trinajstić information content (AvgIpc) is 2.75. The zero-order chi connectivity index (χ0) is 19.9. The van der Waals surface area contributed by atoms with E-state index in [1.54, 1.807) is 30.8 Å². The maximum atomic E-state index is 12.4. The molecule has 0 saturated carbocycles. The van der Waals surface area contributed by atoms with Crippen molar-refractivity contribution in [3.63, 3.8) is 0 Å². The highest BCUT2D eigenvalue weighted by atomic mass is 16.5. The van der Waals surface area contributed by atoms with Gasteiger partial charge in [0.05, 0.1) is 13.7 Å². The highest BCUT2D eigenvalue weighted by molar-refractivity contribution is 6.00. The maximum Gasteiger partial charge on any atom is 0.274 e. The van der Waals surface area contributed by atoms with Crippen LogP contribution in [0.3, 0.4) is 0 Å². The van der Waals surface area contributed by atoms with Gasteiger partial charge in [0.15, 0.2) is 0 Å². The second-order valence-corrected chi connectivity index (χ2v) is 5.97. The van der Waals surface area contributed by atoms with Gasteiger partial charge in [-0.3, -0.25) is 14.8 Å². The SMILES string of the molecule is COc1cc(C(=O)NCCOc2ccc(C(=O)NO)cc2)cc2ccccc12. The van der Waals surface area contributed by atoms with Crippen molar-refractivity contribution in [1.82, 2.24) is 10.8 Å². The Morgan fingerprint density at radius 3 is 2.43 bits per heavy atom. The van der Waals surface area contributed by atoms with Crippen LogP contribution in [-0.2, 0) is 0 Å².